The molecule has 1 aliphatic carbocycles. The molecule has 1 saturated carbocycles. The Bertz CT molecular complexity index is 397. The number of nitrogens with one attached hydrogen (secondary N) is 1. The van der Waals surface area contributed by atoms with E-state index < -0.39 is 0 Å². The highest BCUT2D eigenvalue weighted by Crippen LogP contribution is 2.60. The Kier molecular flexibility index (Phi) is 4.35. The number of hydrogen-bond donors (Lipinski definition) is 1. The van der Waals surface area contributed by atoms with Gasteiger partial charge in [0.2, 0.25) is 0 Å². The molecule has 4 unspecified atom stereocenters. The molecular formula is C18H29N. The van der Waals surface area contributed by atoms with E-state index in [0.717, 1.165) is 18.4 Å². The average molecular weight is 259 g/mol. The fourth-order valence-electron chi connectivity index (χ4n) is 4.21. The first kappa shape index (κ1) is 14.6. The van der Waals surface area contributed by atoms with E-state index in [1.807, 2.05) is 0 Å². The lowest BCUT2D eigenvalue weighted by atomic mass is 9.45. The highest BCUT2D eigenvalue weighted by Gasteiger charge is 2.58. The van der Waals surface area contributed by atoms with Gasteiger partial charge in [-0.3, -0.25) is 0 Å². The van der Waals surface area contributed by atoms with Crippen LogP contribution in [-0.2, 0) is 0 Å². The van der Waals surface area contributed by atoms with E-state index >= 15 is 0 Å². The van der Waals surface area contributed by atoms with Gasteiger partial charge >= 0.3 is 0 Å². The summed E-state index contributed by atoms with van der Waals surface area (Å²) >= 11 is 0. The maximum absolute atomic E-state index is 3.75. The summed E-state index contributed by atoms with van der Waals surface area (Å²) in [4.78, 5) is 0. The fourth-order valence-corrected chi connectivity index (χ4v) is 4.21. The number of benzene rings is 1. The van der Waals surface area contributed by atoms with Crippen LogP contribution in [0.4, 0.5) is 0 Å². The summed E-state index contributed by atoms with van der Waals surface area (Å²) in [5.74, 6) is 2.18. The zero-order valence-corrected chi connectivity index (χ0v) is 13.1. The van der Waals surface area contributed by atoms with E-state index in [2.05, 4.69) is 70.3 Å². The van der Waals surface area contributed by atoms with Crippen LogP contribution < -0.4 is 5.32 Å². The van der Waals surface area contributed by atoms with Crippen molar-refractivity contribution >= 4 is 0 Å². The molecule has 1 nitrogen and oxygen atoms in total. The number of hydrogen-bond acceptors (Lipinski definition) is 1. The van der Waals surface area contributed by atoms with E-state index in [1.165, 1.54) is 12.0 Å². The maximum atomic E-state index is 3.75. The minimum absolute atomic E-state index is 0.395. The molecule has 1 fully saturated rings. The molecule has 0 bridgehead atoms. The highest BCUT2D eigenvalue weighted by molar-refractivity contribution is 5.30. The van der Waals surface area contributed by atoms with Crippen LogP contribution in [0.1, 0.15) is 52.5 Å². The Morgan fingerprint density at radius 1 is 1.16 bits per heavy atom. The van der Waals surface area contributed by atoms with Crippen molar-refractivity contribution in [2.45, 2.75) is 53.0 Å². The normalized spacial score (nSPS) is 34.3. The van der Waals surface area contributed by atoms with Crippen molar-refractivity contribution in [3.63, 3.8) is 0 Å². The van der Waals surface area contributed by atoms with Crippen LogP contribution in [0.2, 0.25) is 0 Å². The van der Waals surface area contributed by atoms with Crippen molar-refractivity contribution in [3.05, 3.63) is 35.9 Å². The molecule has 0 saturated heterocycles. The van der Waals surface area contributed by atoms with Crippen LogP contribution in [0.5, 0.6) is 0 Å². The van der Waals surface area contributed by atoms with Gasteiger partial charge in [-0.1, -0.05) is 65.0 Å². The minimum Gasteiger partial charge on any atom is -0.313 e. The minimum atomic E-state index is 0.395. The van der Waals surface area contributed by atoms with Gasteiger partial charge in [0.15, 0.2) is 0 Å². The molecule has 1 aromatic rings. The lowest BCUT2D eigenvalue weighted by Crippen LogP contribution is -2.65. The van der Waals surface area contributed by atoms with Gasteiger partial charge in [-0.2, -0.15) is 0 Å². The van der Waals surface area contributed by atoms with E-state index in [9.17, 15) is 0 Å². The average Bonchev–Trinajstić information content (AvgIpc) is 2.41. The third-order valence-corrected chi connectivity index (χ3v) is 5.31. The second kappa shape index (κ2) is 5.66. The summed E-state index contributed by atoms with van der Waals surface area (Å²) in [5, 5.41) is 3.75. The second-order valence-electron chi connectivity index (χ2n) is 6.60. The summed E-state index contributed by atoms with van der Waals surface area (Å²) in [5.41, 5.74) is 1.92. The number of rotatable bonds is 5. The predicted molar refractivity (Wildman–Crippen MR) is 83.4 cm³/mol. The van der Waals surface area contributed by atoms with Crippen molar-refractivity contribution in [1.29, 1.82) is 0 Å². The van der Waals surface area contributed by atoms with Gasteiger partial charge < -0.3 is 5.32 Å². The molecule has 0 aromatic heterocycles. The Morgan fingerprint density at radius 2 is 1.79 bits per heavy atom. The third-order valence-electron chi connectivity index (χ3n) is 5.31. The second-order valence-corrected chi connectivity index (χ2v) is 6.60. The molecule has 0 amide bonds. The molecule has 0 radical (unpaired) electrons. The smallest absolute Gasteiger partial charge is 0.0163 e. The summed E-state index contributed by atoms with van der Waals surface area (Å²) in [6.07, 6.45) is 1.24. The molecule has 19 heavy (non-hydrogen) atoms. The molecule has 106 valence electrons. The van der Waals surface area contributed by atoms with E-state index in [1.54, 1.807) is 0 Å². The van der Waals surface area contributed by atoms with Gasteiger partial charge in [0, 0.05) is 6.04 Å². The lowest BCUT2D eigenvalue weighted by Gasteiger charge is -2.62. The SMILES string of the molecule is CCNC1C(C(C)C)C(c2ccccc2)C1(C)CC. The third kappa shape index (κ3) is 2.33. The van der Waals surface area contributed by atoms with Gasteiger partial charge in [-0.15, -0.1) is 0 Å². The summed E-state index contributed by atoms with van der Waals surface area (Å²) < 4.78 is 0. The molecule has 0 spiro atoms. The first-order valence-corrected chi connectivity index (χ1v) is 7.84. The van der Waals surface area contributed by atoms with E-state index in [-0.39, 0.29) is 0 Å². The van der Waals surface area contributed by atoms with Gasteiger partial charge in [-0.05, 0) is 41.7 Å². The maximum Gasteiger partial charge on any atom is 0.0163 e. The molecule has 0 heterocycles. The van der Waals surface area contributed by atoms with Crippen LogP contribution in [-0.4, -0.2) is 12.6 Å². The Balaban J connectivity index is 2.34. The van der Waals surface area contributed by atoms with Gasteiger partial charge in [0.05, 0.1) is 0 Å². The van der Waals surface area contributed by atoms with Crippen LogP contribution in [0.25, 0.3) is 0 Å². The molecule has 1 aliphatic rings. The highest BCUT2D eigenvalue weighted by atomic mass is 15.0. The zero-order chi connectivity index (χ0) is 14.0. The van der Waals surface area contributed by atoms with Crippen LogP contribution in [0.3, 0.4) is 0 Å². The predicted octanol–water partition coefficient (Wildman–Crippen LogP) is 4.45. The lowest BCUT2D eigenvalue weighted by molar-refractivity contribution is -0.0528. The van der Waals surface area contributed by atoms with Gasteiger partial charge in [-0.25, -0.2) is 0 Å². The molecule has 1 N–H and O–H groups in total. The van der Waals surface area contributed by atoms with Gasteiger partial charge in [0.25, 0.3) is 0 Å². The van der Waals surface area contributed by atoms with Crippen molar-refractivity contribution in [3.8, 4) is 0 Å². The largest absolute Gasteiger partial charge is 0.313 e. The van der Waals surface area contributed by atoms with Crippen molar-refractivity contribution < 1.29 is 0 Å². The van der Waals surface area contributed by atoms with Crippen molar-refractivity contribution in [2.75, 3.05) is 6.54 Å². The molecule has 4 atom stereocenters. The quantitative estimate of drug-likeness (QED) is 0.823. The summed E-state index contributed by atoms with van der Waals surface area (Å²) in [7, 11) is 0. The van der Waals surface area contributed by atoms with E-state index in [4.69, 9.17) is 0 Å². The summed E-state index contributed by atoms with van der Waals surface area (Å²) in [6, 6.07) is 11.8. The first-order valence-electron chi connectivity index (χ1n) is 7.84. The standard InChI is InChI=1S/C18H29N/c1-6-18(5)16(14-11-9-8-10-12-14)15(13(3)4)17(18)19-7-2/h8-13,15-17,19H,6-7H2,1-5H3. The van der Waals surface area contributed by atoms with Crippen molar-refractivity contribution in [1.82, 2.24) is 5.32 Å². The van der Waals surface area contributed by atoms with Gasteiger partial charge in [0.1, 0.15) is 0 Å². The molecule has 1 heteroatoms. The molecular weight excluding hydrogens is 230 g/mol. The van der Waals surface area contributed by atoms with Crippen LogP contribution in [0.15, 0.2) is 30.3 Å². The van der Waals surface area contributed by atoms with E-state index in [0.29, 0.717) is 17.4 Å². The first-order chi connectivity index (χ1) is 9.06. The Hall–Kier alpha value is -0.820. The van der Waals surface area contributed by atoms with Crippen molar-refractivity contribution in [2.24, 2.45) is 17.3 Å². The van der Waals surface area contributed by atoms with Crippen LogP contribution >= 0.6 is 0 Å². The molecule has 2 rings (SSSR count). The Labute approximate surface area is 118 Å². The van der Waals surface area contributed by atoms with Crippen LogP contribution in [0, 0.1) is 17.3 Å². The zero-order valence-electron chi connectivity index (χ0n) is 13.1. The fraction of sp³-hybridized carbons (Fsp3) is 0.667. The molecule has 0 aliphatic heterocycles. The monoisotopic (exact) mass is 259 g/mol. The summed E-state index contributed by atoms with van der Waals surface area (Å²) in [6.45, 7) is 12.9. The topological polar surface area (TPSA) is 12.0 Å². The Morgan fingerprint density at radius 3 is 2.26 bits per heavy atom. The molecule has 1 aromatic carbocycles.